The Balaban J connectivity index is 1.19. The van der Waals surface area contributed by atoms with E-state index >= 15 is 0 Å². The maximum absolute atomic E-state index is 13.8. The largest absolute Gasteiger partial charge is 0.454 e. The van der Waals surface area contributed by atoms with Crippen LogP contribution in [0.4, 0.5) is 0 Å². The van der Waals surface area contributed by atoms with Gasteiger partial charge in [0.15, 0.2) is 30.3 Å². The molecule has 0 aliphatic carbocycles. The summed E-state index contributed by atoms with van der Waals surface area (Å²) in [5.74, 6) is -2.22. The van der Waals surface area contributed by atoms with E-state index in [1.54, 1.807) is 20.8 Å². The number of hydrogen-bond donors (Lipinski definition) is 0. The SMILES string of the molecule is CC1(C)OC2OC(COC3OC(COCc4ccccc4)C(OCc4ccccc4)C(OCc4ccccc4)C3OC(=O)C(C)(C)C)C3OC(C)(C)OC3C2O1. The Morgan fingerprint density at radius 3 is 1.68 bits per heavy atom. The monoisotopic (exact) mass is 776 g/mol. The maximum Gasteiger partial charge on any atom is 0.311 e. The van der Waals surface area contributed by atoms with Gasteiger partial charge in [0.2, 0.25) is 0 Å². The number of carbonyl (C=O) groups is 1. The summed E-state index contributed by atoms with van der Waals surface area (Å²) in [7, 11) is 0. The van der Waals surface area contributed by atoms with Gasteiger partial charge < -0.3 is 52.1 Å². The van der Waals surface area contributed by atoms with Gasteiger partial charge >= 0.3 is 5.97 Å². The standard InChI is InChI=1S/C44H56O12/c1-42(2,3)41(45)52-37-35(48-25-30-21-15-10-16-22-30)33(47-24-29-19-13-9-14-20-29)31(26-46-23-28-17-11-8-12-18-28)50-39(37)49-27-32-34-36(54-43(4,5)53-34)38-40(51-32)56-44(6,7)55-38/h8-22,31-40H,23-27H2,1-7H3. The topological polar surface area (TPSA) is 119 Å². The second-order valence-electron chi connectivity index (χ2n) is 16.7. The minimum absolute atomic E-state index is 0.0135. The van der Waals surface area contributed by atoms with Crippen LogP contribution in [0.2, 0.25) is 0 Å². The summed E-state index contributed by atoms with van der Waals surface area (Å²) < 4.78 is 71.1. The van der Waals surface area contributed by atoms with Crippen molar-refractivity contribution in [3.05, 3.63) is 108 Å². The first-order valence-corrected chi connectivity index (χ1v) is 19.5. The molecule has 4 saturated heterocycles. The van der Waals surface area contributed by atoms with Crippen molar-refractivity contribution in [1.29, 1.82) is 0 Å². The minimum Gasteiger partial charge on any atom is -0.454 e. The molecule has 3 aromatic rings. The normalized spacial score (nSPS) is 32.1. The number of benzene rings is 3. The second-order valence-corrected chi connectivity index (χ2v) is 16.7. The van der Waals surface area contributed by atoms with Crippen LogP contribution in [0, 0.1) is 5.41 Å². The Labute approximate surface area is 329 Å². The average Bonchev–Trinajstić information content (AvgIpc) is 3.67. The third kappa shape index (κ3) is 10.0. The summed E-state index contributed by atoms with van der Waals surface area (Å²) >= 11 is 0. The van der Waals surface area contributed by atoms with E-state index in [1.165, 1.54) is 0 Å². The van der Waals surface area contributed by atoms with Gasteiger partial charge in [0, 0.05) is 0 Å². The highest BCUT2D eigenvalue weighted by Crippen LogP contribution is 2.44. The molecule has 0 radical (unpaired) electrons. The molecule has 7 rings (SSSR count). The third-order valence-corrected chi connectivity index (χ3v) is 10.1. The minimum atomic E-state index is -1.11. The molecule has 4 aliphatic heterocycles. The molecule has 0 aromatic heterocycles. The van der Waals surface area contributed by atoms with Crippen LogP contribution in [0.25, 0.3) is 0 Å². The van der Waals surface area contributed by atoms with E-state index in [9.17, 15) is 4.79 Å². The van der Waals surface area contributed by atoms with Crippen molar-refractivity contribution in [2.75, 3.05) is 13.2 Å². The van der Waals surface area contributed by atoms with Gasteiger partial charge in [-0.05, 0) is 65.2 Å². The Morgan fingerprint density at radius 2 is 1.09 bits per heavy atom. The molecule has 304 valence electrons. The van der Waals surface area contributed by atoms with Gasteiger partial charge in [-0.15, -0.1) is 0 Å². The van der Waals surface area contributed by atoms with Gasteiger partial charge in [0.25, 0.3) is 0 Å². The number of carbonyl (C=O) groups excluding carboxylic acids is 1. The lowest BCUT2D eigenvalue weighted by Gasteiger charge is -2.46. The lowest BCUT2D eigenvalue weighted by atomic mass is 9.95. The van der Waals surface area contributed by atoms with Gasteiger partial charge in [-0.25, -0.2) is 0 Å². The van der Waals surface area contributed by atoms with Gasteiger partial charge in [0.1, 0.15) is 42.7 Å². The smallest absolute Gasteiger partial charge is 0.311 e. The number of esters is 1. The average molecular weight is 777 g/mol. The zero-order valence-electron chi connectivity index (χ0n) is 33.4. The fourth-order valence-electron chi connectivity index (χ4n) is 7.38. The summed E-state index contributed by atoms with van der Waals surface area (Å²) in [6.07, 6.45) is -7.30. The first kappa shape index (κ1) is 40.9. The number of ether oxygens (including phenoxy) is 11. The first-order chi connectivity index (χ1) is 26.7. The van der Waals surface area contributed by atoms with Gasteiger partial charge in [0.05, 0.1) is 38.4 Å². The maximum atomic E-state index is 13.8. The van der Waals surface area contributed by atoms with Gasteiger partial charge in [-0.3, -0.25) is 4.79 Å². The predicted octanol–water partition coefficient (Wildman–Crippen LogP) is 6.47. The molecule has 10 atom stereocenters. The van der Waals surface area contributed by atoms with Crippen LogP contribution in [0.15, 0.2) is 91.0 Å². The molecule has 4 fully saturated rings. The fourth-order valence-corrected chi connectivity index (χ4v) is 7.38. The van der Waals surface area contributed by atoms with Crippen LogP contribution in [0.5, 0.6) is 0 Å². The lowest BCUT2D eigenvalue weighted by molar-refractivity contribution is -0.331. The Hall–Kier alpha value is -3.27. The molecule has 0 bridgehead atoms. The highest BCUT2D eigenvalue weighted by atomic mass is 16.9. The molecule has 4 aliphatic rings. The second kappa shape index (κ2) is 17.3. The quantitative estimate of drug-likeness (QED) is 0.167. The van der Waals surface area contributed by atoms with Crippen LogP contribution < -0.4 is 0 Å². The molecule has 12 nitrogen and oxygen atoms in total. The van der Waals surface area contributed by atoms with Crippen molar-refractivity contribution in [3.63, 3.8) is 0 Å². The molecule has 4 heterocycles. The Bertz CT molecular complexity index is 1700. The first-order valence-electron chi connectivity index (χ1n) is 19.5. The van der Waals surface area contributed by atoms with Crippen molar-refractivity contribution in [1.82, 2.24) is 0 Å². The molecular weight excluding hydrogens is 720 g/mol. The highest BCUT2D eigenvalue weighted by molar-refractivity contribution is 5.75. The molecule has 3 aromatic carbocycles. The molecule has 0 saturated carbocycles. The van der Waals surface area contributed by atoms with Crippen molar-refractivity contribution in [3.8, 4) is 0 Å². The van der Waals surface area contributed by atoms with E-state index in [0.29, 0.717) is 6.61 Å². The van der Waals surface area contributed by atoms with Crippen LogP contribution in [0.3, 0.4) is 0 Å². The predicted molar refractivity (Wildman–Crippen MR) is 203 cm³/mol. The number of rotatable bonds is 14. The zero-order chi connectivity index (χ0) is 39.5. The van der Waals surface area contributed by atoms with Crippen molar-refractivity contribution in [2.24, 2.45) is 5.41 Å². The summed E-state index contributed by atoms with van der Waals surface area (Å²) in [6, 6.07) is 29.6. The summed E-state index contributed by atoms with van der Waals surface area (Å²) in [5, 5.41) is 0. The Morgan fingerprint density at radius 1 is 0.571 bits per heavy atom. The van der Waals surface area contributed by atoms with Crippen LogP contribution in [-0.2, 0) is 76.7 Å². The van der Waals surface area contributed by atoms with Gasteiger partial charge in [-0.1, -0.05) is 91.0 Å². The molecule has 12 heteroatoms. The van der Waals surface area contributed by atoms with E-state index in [1.807, 2.05) is 119 Å². The van der Waals surface area contributed by atoms with Crippen molar-refractivity contribution < 1.29 is 56.9 Å². The zero-order valence-corrected chi connectivity index (χ0v) is 33.4. The van der Waals surface area contributed by atoms with E-state index in [0.717, 1.165) is 16.7 Å². The van der Waals surface area contributed by atoms with Crippen molar-refractivity contribution in [2.45, 2.75) is 141 Å². The molecule has 0 spiro atoms. The van der Waals surface area contributed by atoms with Crippen LogP contribution in [0.1, 0.15) is 65.2 Å². The summed E-state index contributed by atoms with van der Waals surface area (Å²) in [5.41, 5.74) is 2.07. The van der Waals surface area contributed by atoms with Crippen LogP contribution >= 0.6 is 0 Å². The molecule has 0 N–H and O–H groups in total. The van der Waals surface area contributed by atoms with Crippen molar-refractivity contribution >= 4 is 5.97 Å². The van der Waals surface area contributed by atoms with E-state index in [-0.39, 0.29) is 26.4 Å². The molecular formula is C44H56O12. The van der Waals surface area contributed by atoms with E-state index in [2.05, 4.69) is 0 Å². The lowest BCUT2D eigenvalue weighted by Crippen LogP contribution is -2.63. The van der Waals surface area contributed by atoms with E-state index in [4.69, 9.17) is 52.1 Å². The molecule has 10 unspecified atom stereocenters. The van der Waals surface area contributed by atoms with E-state index < -0.39 is 84.4 Å². The molecule has 56 heavy (non-hydrogen) atoms. The van der Waals surface area contributed by atoms with Gasteiger partial charge in [-0.2, -0.15) is 0 Å². The third-order valence-electron chi connectivity index (χ3n) is 10.1. The molecule has 0 amide bonds. The summed E-state index contributed by atoms with van der Waals surface area (Å²) in [4.78, 5) is 13.8. The summed E-state index contributed by atoms with van der Waals surface area (Å²) in [6.45, 7) is 13.7. The van der Waals surface area contributed by atoms with Crippen LogP contribution in [-0.4, -0.2) is 92.2 Å². The Kier molecular flexibility index (Phi) is 12.6. The fraction of sp³-hybridized carbons (Fsp3) is 0.568. The number of hydrogen-bond acceptors (Lipinski definition) is 12. The number of fused-ring (bicyclic) bond motifs is 3. The highest BCUT2D eigenvalue weighted by Gasteiger charge is 2.61.